The summed E-state index contributed by atoms with van der Waals surface area (Å²) < 4.78 is 42.7. The molecule has 0 fully saturated rings. The number of aromatic amines is 1. The summed E-state index contributed by atoms with van der Waals surface area (Å²) in [5.74, 6) is 0.906. The summed E-state index contributed by atoms with van der Waals surface area (Å²) in [6, 6.07) is 21.3. The molecular weight excluding hydrogens is 597 g/mol. The molecule has 3 aromatic carbocycles. The second-order valence-corrected chi connectivity index (χ2v) is 11.8. The zero-order chi connectivity index (χ0) is 31.1. The lowest BCUT2D eigenvalue weighted by atomic mass is 10.0. The average molecular weight is 625 g/mol. The summed E-state index contributed by atoms with van der Waals surface area (Å²) in [5, 5.41) is 5.27. The molecule has 0 amide bonds. The quantitative estimate of drug-likeness (QED) is 0.179. The van der Waals surface area contributed by atoms with Gasteiger partial charge in [0, 0.05) is 42.0 Å². The van der Waals surface area contributed by atoms with Crippen LogP contribution < -0.4 is 5.32 Å². The molecule has 4 heterocycles. The lowest BCUT2D eigenvalue weighted by molar-refractivity contribution is -0.138. The summed E-state index contributed by atoms with van der Waals surface area (Å²) in [6.45, 7) is 0.852. The number of hydrogen-bond acceptors (Lipinski definition) is 7. The molecule has 0 atom stereocenters. The van der Waals surface area contributed by atoms with Gasteiger partial charge in [-0.05, 0) is 61.6 Å². The van der Waals surface area contributed by atoms with Gasteiger partial charge in [-0.25, -0.2) is 19.9 Å². The number of fused-ring (bicyclic) bond motifs is 2. The minimum absolute atomic E-state index is 0.0280. The Morgan fingerprint density at radius 1 is 0.956 bits per heavy atom. The highest BCUT2D eigenvalue weighted by Gasteiger charge is 2.33. The van der Waals surface area contributed by atoms with Crippen LogP contribution in [0.15, 0.2) is 90.6 Å². The van der Waals surface area contributed by atoms with E-state index in [9.17, 15) is 13.2 Å². The van der Waals surface area contributed by atoms with Crippen molar-refractivity contribution in [2.24, 2.45) is 0 Å². The number of H-pyrrole nitrogens is 1. The Balaban J connectivity index is 1.21. The number of alkyl halides is 3. The van der Waals surface area contributed by atoms with E-state index < -0.39 is 11.7 Å². The Kier molecular flexibility index (Phi) is 7.30. The normalized spacial score (nSPS) is 12.0. The van der Waals surface area contributed by atoms with Gasteiger partial charge in [0.05, 0.1) is 28.0 Å². The highest BCUT2D eigenvalue weighted by Crippen LogP contribution is 2.36. The fraction of sp³-hybridized carbons (Fsp3) is 0.152. The number of benzene rings is 3. The summed E-state index contributed by atoms with van der Waals surface area (Å²) in [4.78, 5) is 24.9. The first-order chi connectivity index (χ1) is 21.7. The van der Waals surface area contributed by atoms with E-state index in [2.05, 4.69) is 37.3 Å². The summed E-state index contributed by atoms with van der Waals surface area (Å²) >= 11 is 1.51. The van der Waals surface area contributed by atoms with E-state index in [0.29, 0.717) is 28.5 Å². The summed E-state index contributed by atoms with van der Waals surface area (Å²) in [5.41, 5.74) is 5.99. The number of thiazole rings is 1. The molecule has 0 saturated carbocycles. The van der Waals surface area contributed by atoms with E-state index in [-0.39, 0.29) is 12.0 Å². The molecule has 0 unspecified atom stereocenters. The molecule has 0 saturated heterocycles. The topological polar surface area (TPSA) is 87.0 Å². The van der Waals surface area contributed by atoms with Crippen LogP contribution in [0, 0.1) is 0 Å². The fourth-order valence-corrected chi connectivity index (χ4v) is 6.11. The zero-order valence-corrected chi connectivity index (χ0v) is 25.1. The number of anilines is 2. The van der Waals surface area contributed by atoms with E-state index in [1.165, 1.54) is 29.0 Å². The number of nitrogens with one attached hydrogen (secondary N) is 2. The Bertz CT molecular complexity index is 2130. The van der Waals surface area contributed by atoms with Crippen LogP contribution in [0.4, 0.5) is 24.8 Å². The van der Waals surface area contributed by atoms with Gasteiger partial charge in [-0.2, -0.15) is 13.2 Å². The molecule has 8 nitrogen and oxygen atoms in total. The smallest absolute Gasteiger partial charge is 0.342 e. The van der Waals surface area contributed by atoms with Gasteiger partial charge in [-0.1, -0.05) is 36.4 Å². The summed E-state index contributed by atoms with van der Waals surface area (Å²) in [7, 11) is 4.07. The average Bonchev–Trinajstić information content (AvgIpc) is 3.72. The van der Waals surface area contributed by atoms with Crippen LogP contribution in [0.25, 0.3) is 38.6 Å². The standard InChI is InChI=1S/C33H27F3N8S/c1-43(2)19-20-7-10-23(11-8-20)38-31-37-14-13-26(41-31)30-29(42-32-44(30)15-16-45-32)22-9-12-25-27(17-22)40-28(39-25)18-21-5-3-4-6-24(21)33(34,35)36/h3-17H,18-19H2,1-2H3,(H,39,40)(H,37,38,41). The number of imidazole rings is 2. The molecule has 7 rings (SSSR count). The maximum absolute atomic E-state index is 13.6. The second-order valence-electron chi connectivity index (χ2n) is 10.9. The lowest BCUT2D eigenvalue weighted by Gasteiger charge is -2.11. The van der Waals surface area contributed by atoms with Crippen molar-refractivity contribution in [2.75, 3.05) is 19.4 Å². The van der Waals surface area contributed by atoms with Crippen LogP contribution in [0.3, 0.4) is 0 Å². The Labute approximate surface area is 260 Å². The van der Waals surface area contributed by atoms with Crippen molar-refractivity contribution in [2.45, 2.75) is 19.1 Å². The predicted molar refractivity (Wildman–Crippen MR) is 171 cm³/mol. The molecule has 2 N–H and O–H groups in total. The van der Waals surface area contributed by atoms with Gasteiger partial charge < -0.3 is 15.2 Å². The van der Waals surface area contributed by atoms with Crippen LogP contribution >= 0.6 is 11.3 Å². The van der Waals surface area contributed by atoms with E-state index in [4.69, 9.17) is 9.97 Å². The van der Waals surface area contributed by atoms with Crippen molar-refractivity contribution in [3.05, 3.63) is 113 Å². The second kappa shape index (κ2) is 11.5. The van der Waals surface area contributed by atoms with Crippen LogP contribution in [-0.4, -0.2) is 48.3 Å². The maximum atomic E-state index is 13.6. The van der Waals surface area contributed by atoms with Crippen LogP contribution in [0.5, 0.6) is 0 Å². The number of hydrogen-bond donors (Lipinski definition) is 2. The van der Waals surface area contributed by atoms with E-state index in [0.717, 1.165) is 40.2 Å². The minimum Gasteiger partial charge on any atom is -0.342 e. The van der Waals surface area contributed by atoms with Crippen LogP contribution in [0.2, 0.25) is 0 Å². The zero-order valence-electron chi connectivity index (χ0n) is 24.3. The van der Waals surface area contributed by atoms with Crippen molar-refractivity contribution in [3.8, 4) is 22.6 Å². The van der Waals surface area contributed by atoms with Gasteiger partial charge in [0.2, 0.25) is 5.95 Å². The van der Waals surface area contributed by atoms with Crippen molar-refractivity contribution in [1.82, 2.24) is 34.2 Å². The molecule has 7 aromatic rings. The SMILES string of the molecule is CN(C)Cc1ccc(Nc2nccc(-c3c(-c4ccc5nc(Cc6ccccc6C(F)(F)F)[nH]c5c4)nc4sccn34)n2)cc1. The molecule has 226 valence electrons. The molecule has 0 spiro atoms. The molecule has 4 aromatic heterocycles. The van der Waals surface area contributed by atoms with Crippen molar-refractivity contribution < 1.29 is 13.2 Å². The first-order valence-electron chi connectivity index (χ1n) is 14.1. The highest BCUT2D eigenvalue weighted by atomic mass is 32.1. The number of rotatable bonds is 8. The number of aromatic nitrogens is 6. The largest absolute Gasteiger partial charge is 0.416 e. The van der Waals surface area contributed by atoms with Crippen molar-refractivity contribution in [3.63, 3.8) is 0 Å². The van der Waals surface area contributed by atoms with Gasteiger partial charge >= 0.3 is 6.18 Å². The fourth-order valence-electron chi connectivity index (χ4n) is 5.40. The Morgan fingerprint density at radius 3 is 2.58 bits per heavy atom. The summed E-state index contributed by atoms with van der Waals surface area (Å²) in [6.07, 6.45) is -0.743. The molecule has 12 heteroatoms. The molecule has 45 heavy (non-hydrogen) atoms. The minimum atomic E-state index is -4.44. The number of halogens is 3. The monoisotopic (exact) mass is 624 g/mol. The molecule has 0 aliphatic carbocycles. The van der Waals surface area contributed by atoms with Gasteiger partial charge in [-0.3, -0.25) is 4.40 Å². The van der Waals surface area contributed by atoms with E-state index in [1.54, 1.807) is 12.3 Å². The van der Waals surface area contributed by atoms with Crippen LogP contribution in [0.1, 0.15) is 22.5 Å². The third-order valence-electron chi connectivity index (χ3n) is 7.35. The number of nitrogens with zero attached hydrogens (tertiary/aromatic N) is 6. The molecule has 0 radical (unpaired) electrons. The highest BCUT2D eigenvalue weighted by molar-refractivity contribution is 7.15. The van der Waals surface area contributed by atoms with Crippen molar-refractivity contribution >= 4 is 39.0 Å². The first kappa shape index (κ1) is 28.7. The molecule has 0 aliphatic rings. The van der Waals surface area contributed by atoms with E-state index >= 15 is 0 Å². The van der Waals surface area contributed by atoms with E-state index in [1.807, 2.05) is 66.5 Å². The van der Waals surface area contributed by atoms with Crippen molar-refractivity contribution in [1.29, 1.82) is 0 Å². The molecular formula is C33H27F3N8S. The molecule has 0 bridgehead atoms. The third-order valence-corrected chi connectivity index (χ3v) is 8.11. The maximum Gasteiger partial charge on any atom is 0.416 e. The van der Waals surface area contributed by atoms with Gasteiger partial charge in [-0.15, -0.1) is 11.3 Å². The van der Waals surface area contributed by atoms with Gasteiger partial charge in [0.1, 0.15) is 11.5 Å². The predicted octanol–water partition coefficient (Wildman–Crippen LogP) is 7.81. The van der Waals surface area contributed by atoms with Crippen LogP contribution in [-0.2, 0) is 19.1 Å². The van der Waals surface area contributed by atoms with Gasteiger partial charge in [0.25, 0.3) is 0 Å². The third kappa shape index (κ3) is 5.89. The van der Waals surface area contributed by atoms with Gasteiger partial charge in [0.15, 0.2) is 4.96 Å². The molecule has 0 aliphatic heterocycles. The Morgan fingerprint density at radius 2 is 1.78 bits per heavy atom. The Hall–Kier alpha value is -5.07. The lowest BCUT2D eigenvalue weighted by Crippen LogP contribution is -2.10. The first-order valence-corrected chi connectivity index (χ1v) is 15.0.